The standard InChI is InChI=1S/C10H12N2O2/c11-8(6-3-4-6)7-2-1-5-12-9(7)10(13)14/h1-2,5-6,8H,3-4,11H2,(H,13,14). The van der Waals surface area contributed by atoms with Crippen molar-refractivity contribution in [1.29, 1.82) is 0 Å². The van der Waals surface area contributed by atoms with Crippen molar-refractivity contribution in [2.45, 2.75) is 18.9 Å². The largest absolute Gasteiger partial charge is 0.477 e. The number of aromatic carboxylic acids is 1. The summed E-state index contributed by atoms with van der Waals surface area (Å²) in [6, 6.07) is 3.30. The minimum atomic E-state index is -1.00. The molecule has 1 saturated carbocycles. The molecule has 0 aliphatic heterocycles. The van der Waals surface area contributed by atoms with Crippen molar-refractivity contribution in [1.82, 2.24) is 4.98 Å². The predicted octanol–water partition coefficient (Wildman–Crippen LogP) is 1.19. The van der Waals surface area contributed by atoms with Gasteiger partial charge in [0.1, 0.15) is 0 Å². The van der Waals surface area contributed by atoms with Crippen LogP contribution in [-0.2, 0) is 0 Å². The summed E-state index contributed by atoms with van der Waals surface area (Å²) in [4.78, 5) is 14.7. The lowest BCUT2D eigenvalue weighted by Gasteiger charge is -2.12. The van der Waals surface area contributed by atoms with Crippen LogP contribution >= 0.6 is 0 Å². The second-order valence-corrected chi connectivity index (χ2v) is 3.61. The zero-order valence-electron chi connectivity index (χ0n) is 7.68. The van der Waals surface area contributed by atoms with Gasteiger partial charge in [0, 0.05) is 17.8 Å². The number of rotatable bonds is 3. The highest BCUT2D eigenvalue weighted by molar-refractivity contribution is 5.87. The molecule has 1 atom stereocenters. The van der Waals surface area contributed by atoms with Gasteiger partial charge in [-0.2, -0.15) is 0 Å². The average molecular weight is 192 g/mol. The van der Waals surface area contributed by atoms with E-state index in [0.29, 0.717) is 11.5 Å². The molecule has 1 unspecified atom stereocenters. The van der Waals surface area contributed by atoms with Crippen molar-refractivity contribution in [3.05, 3.63) is 29.6 Å². The highest BCUT2D eigenvalue weighted by Crippen LogP contribution is 2.39. The quantitative estimate of drug-likeness (QED) is 0.754. The van der Waals surface area contributed by atoms with Crippen molar-refractivity contribution < 1.29 is 9.90 Å². The smallest absolute Gasteiger partial charge is 0.354 e. The highest BCUT2D eigenvalue weighted by Gasteiger charge is 2.32. The third-order valence-corrected chi connectivity index (χ3v) is 2.53. The van der Waals surface area contributed by atoms with Crippen LogP contribution < -0.4 is 5.73 Å². The van der Waals surface area contributed by atoms with E-state index in [0.717, 1.165) is 12.8 Å². The number of carboxylic acids is 1. The number of hydrogen-bond donors (Lipinski definition) is 2. The lowest BCUT2D eigenvalue weighted by Crippen LogP contribution is -2.17. The van der Waals surface area contributed by atoms with Gasteiger partial charge in [-0.25, -0.2) is 9.78 Å². The molecule has 74 valence electrons. The summed E-state index contributed by atoms with van der Waals surface area (Å²) in [6.45, 7) is 0. The molecule has 1 aliphatic carbocycles. The molecule has 0 spiro atoms. The predicted molar refractivity (Wildman–Crippen MR) is 50.8 cm³/mol. The van der Waals surface area contributed by atoms with Crippen LogP contribution in [0.5, 0.6) is 0 Å². The molecular weight excluding hydrogens is 180 g/mol. The van der Waals surface area contributed by atoms with Gasteiger partial charge >= 0.3 is 5.97 Å². The number of carbonyl (C=O) groups is 1. The van der Waals surface area contributed by atoms with Crippen molar-refractivity contribution >= 4 is 5.97 Å². The van der Waals surface area contributed by atoms with Gasteiger partial charge in [-0.05, 0) is 24.8 Å². The first-order valence-corrected chi connectivity index (χ1v) is 4.64. The van der Waals surface area contributed by atoms with Crippen molar-refractivity contribution in [3.63, 3.8) is 0 Å². The van der Waals surface area contributed by atoms with Crippen LogP contribution in [0.3, 0.4) is 0 Å². The van der Waals surface area contributed by atoms with Gasteiger partial charge in [0.2, 0.25) is 0 Å². The summed E-state index contributed by atoms with van der Waals surface area (Å²) >= 11 is 0. The van der Waals surface area contributed by atoms with Crippen molar-refractivity contribution in [2.24, 2.45) is 11.7 Å². The zero-order chi connectivity index (χ0) is 10.1. The Morgan fingerprint density at radius 3 is 2.93 bits per heavy atom. The first-order chi connectivity index (χ1) is 6.70. The molecule has 0 aromatic carbocycles. The molecule has 4 nitrogen and oxygen atoms in total. The molecule has 3 N–H and O–H groups in total. The number of hydrogen-bond acceptors (Lipinski definition) is 3. The number of nitrogens with two attached hydrogens (primary N) is 1. The molecule has 1 aliphatic rings. The maximum atomic E-state index is 10.9. The summed E-state index contributed by atoms with van der Waals surface area (Å²) < 4.78 is 0. The Morgan fingerprint density at radius 2 is 2.36 bits per heavy atom. The van der Waals surface area contributed by atoms with Crippen LogP contribution in [0, 0.1) is 5.92 Å². The van der Waals surface area contributed by atoms with Crippen LogP contribution in [0.15, 0.2) is 18.3 Å². The SMILES string of the molecule is NC(c1cccnc1C(=O)O)C1CC1. The summed E-state index contributed by atoms with van der Waals surface area (Å²) in [6.07, 6.45) is 3.66. The van der Waals surface area contributed by atoms with Crippen molar-refractivity contribution in [2.75, 3.05) is 0 Å². The Balaban J connectivity index is 2.34. The molecule has 1 aromatic heterocycles. The minimum Gasteiger partial charge on any atom is -0.477 e. The molecule has 0 bridgehead atoms. The van der Waals surface area contributed by atoms with E-state index in [2.05, 4.69) is 4.98 Å². The fourth-order valence-corrected chi connectivity index (χ4v) is 1.57. The van der Waals surface area contributed by atoms with E-state index in [1.807, 2.05) is 0 Å². The van der Waals surface area contributed by atoms with E-state index >= 15 is 0 Å². The van der Waals surface area contributed by atoms with Gasteiger partial charge < -0.3 is 10.8 Å². The van der Waals surface area contributed by atoms with Crippen LogP contribution in [0.25, 0.3) is 0 Å². The molecule has 1 fully saturated rings. The lowest BCUT2D eigenvalue weighted by atomic mass is 10.0. The Kier molecular flexibility index (Phi) is 2.21. The molecule has 14 heavy (non-hydrogen) atoms. The fraction of sp³-hybridized carbons (Fsp3) is 0.400. The van der Waals surface area contributed by atoms with Crippen LogP contribution in [0.2, 0.25) is 0 Å². The first kappa shape index (κ1) is 9.15. The Labute approximate surface area is 81.8 Å². The zero-order valence-corrected chi connectivity index (χ0v) is 7.68. The van der Waals surface area contributed by atoms with E-state index in [-0.39, 0.29) is 11.7 Å². The lowest BCUT2D eigenvalue weighted by molar-refractivity contribution is 0.0688. The fourth-order valence-electron chi connectivity index (χ4n) is 1.57. The Hall–Kier alpha value is -1.42. The average Bonchev–Trinajstić information content (AvgIpc) is 3.00. The van der Waals surface area contributed by atoms with Gasteiger partial charge in [0.05, 0.1) is 0 Å². The highest BCUT2D eigenvalue weighted by atomic mass is 16.4. The van der Waals surface area contributed by atoms with Crippen LogP contribution in [-0.4, -0.2) is 16.1 Å². The second kappa shape index (κ2) is 3.38. The van der Waals surface area contributed by atoms with E-state index in [9.17, 15) is 4.79 Å². The summed E-state index contributed by atoms with van der Waals surface area (Å²) in [5.41, 5.74) is 6.68. The third kappa shape index (κ3) is 1.61. The van der Waals surface area contributed by atoms with Gasteiger partial charge in [-0.1, -0.05) is 6.07 Å². The van der Waals surface area contributed by atoms with E-state index in [1.54, 1.807) is 12.1 Å². The van der Waals surface area contributed by atoms with E-state index in [4.69, 9.17) is 10.8 Å². The topological polar surface area (TPSA) is 76.2 Å². The Bertz CT molecular complexity index is 361. The molecule has 4 heteroatoms. The molecule has 0 amide bonds. The van der Waals surface area contributed by atoms with Gasteiger partial charge in [-0.15, -0.1) is 0 Å². The van der Waals surface area contributed by atoms with Gasteiger partial charge in [0.25, 0.3) is 0 Å². The Morgan fingerprint density at radius 1 is 1.64 bits per heavy atom. The molecule has 0 saturated heterocycles. The number of aromatic nitrogens is 1. The number of carboxylic acid groups (broad SMARTS) is 1. The molecule has 2 rings (SSSR count). The summed E-state index contributed by atoms with van der Waals surface area (Å²) in [5.74, 6) is -0.561. The maximum Gasteiger partial charge on any atom is 0.354 e. The number of pyridine rings is 1. The van der Waals surface area contributed by atoms with Gasteiger partial charge in [-0.3, -0.25) is 0 Å². The molecular formula is C10H12N2O2. The minimum absolute atomic E-state index is 0.0897. The second-order valence-electron chi connectivity index (χ2n) is 3.61. The first-order valence-electron chi connectivity index (χ1n) is 4.64. The maximum absolute atomic E-state index is 10.9. The monoisotopic (exact) mass is 192 g/mol. The van der Waals surface area contributed by atoms with E-state index in [1.165, 1.54) is 6.20 Å². The third-order valence-electron chi connectivity index (χ3n) is 2.53. The van der Waals surface area contributed by atoms with Crippen LogP contribution in [0.4, 0.5) is 0 Å². The number of nitrogens with zero attached hydrogens (tertiary/aromatic N) is 1. The molecule has 1 heterocycles. The van der Waals surface area contributed by atoms with Crippen molar-refractivity contribution in [3.8, 4) is 0 Å². The van der Waals surface area contributed by atoms with Gasteiger partial charge in [0.15, 0.2) is 5.69 Å². The molecule has 0 radical (unpaired) electrons. The van der Waals surface area contributed by atoms with E-state index < -0.39 is 5.97 Å². The molecule has 1 aromatic rings. The normalized spacial score (nSPS) is 17.8. The summed E-state index contributed by atoms with van der Waals surface area (Å²) in [7, 11) is 0. The summed E-state index contributed by atoms with van der Waals surface area (Å²) in [5, 5.41) is 8.90. The van der Waals surface area contributed by atoms with Crippen LogP contribution in [0.1, 0.15) is 34.9 Å².